The Balaban J connectivity index is 1.09. The third-order valence-electron chi connectivity index (χ3n) is 14.3. The lowest BCUT2D eigenvalue weighted by molar-refractivity contribution is -0.157. The molecule has 9 atom stereocenters. The number of Topliss-reactive ketones (excluding diaryl/α,β-unsaturated/α-hetero) is 1. The van der Waals surface area contributed by atoms with E-state index in [1.54, 1.807) is 18.1 Å². The number of nitrogens with one attached hydrogen (secondary N) is 1. The van der Waals surface area contributed by atoms with Crippen LogP contribution in [0.5, 0.6) is 11.5 Å². The predicted octanol–water partition coefficient (Wildman–Crippen LogP) is 8.13. The van der Waals surface area contributed by atoms with E-state index < -0.39 is 40.8 Å². The van der Waals surface area contributed by atoms with Crippen LogP contribution in [0.1, 0.15) is 99.3 Å². The van der Waals surface area contributed by atoms with E-state index >= 15 is 0 Å². The van der Waals surface area contributed by atoms with E-state index in [4.69, 9.17) is 40.5 Å². The summed E-state index contributed by atoms with van der Waals surface area (Å²) in [5.41, 5.74) is -0.227. The maximum Gasteiger partial charge on any atom is 0.310 e. The molecule has 0 radical (unpaired) electrons. The fourth-order valence-corrected chi connectivity index (χ4v) is 11.5. The molecule has 2 unspecified atom stereocenters. The zero-order chi connectivity index (χ0) is 45.7. The van der Waals surface area contributed by atoms with Crippen molar-refractivity contribution in [3.63, 3.8) is 0 Å². The number of fused-ring (bicyclic) bond motifs is 2. The van der Waals surface area contributed by atoms with Crippen LogP contribution < -0.4 is 14.8 Å². The smallest absolute Gasteiger partial charge is 0.310 e. The van der Waals surface area contributed by atoms with Crippen LogP contribution in [-0.4, -0.2) is 119 Å². The van der Waals surface area contributed by atoms with Crippen LogP contribution in [0.4, 0.5) is 5.13 Å². The number of halogens is 1. The molecule has 2 aliphatic heterocycles. The second-order valence-corrected chi connectivity index (χ2v) is 21.5. The Hall–Kier alpha value is -4.05. The number of aromatic nitrogens is 2. The second kappa shape index (κ2) is 18.7. The fourth-order valence-electron chi connectivity index (χ4n) is 10.4. The maximum absolute atomic E-state index is 14.9. The van der Waals surface area contributed by atoms with Gasteiger partial charge in [0.05, 0.1) is 47.7 Å². The molecule has 4 heterocycles. The van der Waals surface area contributed by atoms with Crippen molar-refractivity contribution in [1.82, 2.24) is 19.8 Å². The number of esters is 1. The summed E-state index contributed by atoms with van der Waals surface area (Å²) in [6, 6.07) is 4.68. The van der Waals surface area contributed by atoms with Crippen LogP contribution in [0.3, 0.4) is 0 Å². The molecule has 0 bridgehead atoms. The molecule has 1 aromatic carbocycles. The van der Waals surface area contributed by atoms with Gasteiger partial charge in [-0.2, -0.15) is 0 Å². The number of thiazole rings is 1. The Morgan fingerprint density at radius 3 is 2.44 bits per heavy atom. The van der Waals surface area contributed by atoms with Crippen molar-refractivity contribution in [3.8, 4) is 22.9 Å². The molecule has 5 fully saturated rings. The van der Waals surface area contributed by atoms with E-state index in [1.807, 2.05) is 59.1 Å². The predicted molar refractivity (Wildman–Crippen MR) is 245 cm³/mol. The van der Waals surface area contributed by atoms with Gasteiger partial charge in [-0.05, 0) is 81.3 Å². The molecule has 14 nitrogen and oxygen atoms in total. The zero-order valence-corrected chi connectivity index (χ0v) is 39.8. The Kier molecular flexibility index (Phi) is 13.6. The number of anilines is 1. The van der Waals surface area contributed by atoms with Crippen LogP contribution >= 0.6 is 22.9 Å². The van der Waals surface area contributed by atoms with E-state index in [-0.39, 0.29) is 61.7 Å². The molecule has 3 aromatic rings. The molecule has 348 valence electrons. The molecule has 1 amide bonds. The highest BCUT2D eigenvalue weighted by atomic mass is 35.5. The molecule has 0 spiro atoms. The van der Waals surface area contributed by atoms with Gasteiger partial charge in [0.2, 0.25) is 5.91 Å². The number of aliphatic carboxylic acids is 1. The summed E-state index contributed by atoms with van der Waals surface area (Å²) in [4.78, 5) is 69.2. The first-order valence-electron chi connectivity index (χ1n) is 23.1. The maximum atomic E-state index is 14.9. The first-order valence-corrected chi connectivity index (χ1v) is 24.4. The van der Waals surface area contributed by atoms with E-state index in [2.05, 4.69) is 10.2 Å². The number of carboxylic acid groups (broad SMARTS) is 1. The molecule has 8 rings (SSSR count). The zero-order valence-electron chi connectivity index (χ0n) is 38.2. The van der Waals surface area contributed by atoms with E-state index in [0.29, 0.717) is 76.6 Å². The summed E-state index contributed by atoms with van der Waals surface area (Å²) in [7, 11) is 1.74. The number of carbonyl (C=O) groups is 4. The van der Waals surface area contributed by atoms with Crippen molar-refractivity contribution in [3.05, 3.63) is 28.6 Å². The average Bonchev–Trinajstić information content (AvgIpc) is 3.72. The van der Waals surface area contributed by atoms with Crippen LogP contribution in [-0.2, 0) is 28.7 Å². The normalized spacial score (nSPS) is 28.0. The number of hydrogen-bond donors (Lipinski definition) is 2. The van der Waals surface area contributed by atoms with Crippen molar-refractivity contribution in [2.45, 2.75) is 130 Å². The molecule has 64 heavy (non-hydrogen) atoms. The monoisotopic (exact) mass is 921 g/mol. The minimum atomic E-state index is -1.15. The minimum Gasteiger partial charge on any atom is -0.491 e. The van der Waals surface area contributed by atoms with Gasteiger partial charge < -0.3 is 34.3 Å². The number of likely N-dealkylation sites (tertiary alicyclic amines) is 2. The highest BCUT2D eigenvalue weighted by Gasteiger charge is 2.61. The van der Waals surface area contributed by atoms with Crippen molar-refractivity contribution in [2.75, 3.05) is 45.2 Å². The number of benzene rings is 1. The van der Waals surface area contributed by atoms with Gasteiger partial charge in [0.1, 0.15) is 41.0 Å². The van der Waals surface area contributed by atoms with Gasteiger partial charge in [0.15, 0.2) is 10.9 Å². The summed E-state index contributed by atoms with van der Waals surface area (Å²) < 4.78 is 24.6. The van der Waals surface area contributed by atoms with E-state index in [1.165, 1.54) is 17.8 Å². The number of carboxylic acids is 1. The number of carbonyl (C=O) groups excluding carboxylic acids is 3. The Labute approximate surface area is 385 Å². The van der Waals surface area contributed by atoms with Gasteiger partial charge in [-0.25, -0.2) is 9.97 Å². The fraction of sp³-hybridized carbons (Fsp3) is 0.667. The highest BCUT2D eigenvalue weighted by Crippen LogP contribution is 2.58. The van der Waals surface area contributed by atoms with Gasteiger partial charge in [-0.15, -0.1) is 11.3 Å². The van der Waals surface area contributed by atoms with Crippen LogP contribution in [0.25, 0.3) is 22.3 Å². The van der Waals surface area contributed by atoms with Crippen molar-refractivity contribution in [1.29, 1.82) is 0 Å². The molecule has 2 saturated heterocycles. The number of amides is 1. The average molecular weight is 923 g/mol. The number of ketones is 1. The third kappa shape index (κ3) is 10.0. The highest BCUT2D eigenvalue weighted by molar-refractivity contribution is 7.14. The molecule has 2 N–H and O–H groups in total. The Morgan fingerprint density at radius 1 is 1.02 bits per heavy atom. The lowest BCUT2D eigenvalue weighted by Crippen LogP contribution is -2.48. The number of rotatable bonds is 19. The largest absolute Gasteiger partial charge is 0.491 e. The molecule has 3 aliphatic carbocycles. The molecular weight excluding hydrogens is 858 g/mol. The number of ether oxygens (including phenoxy) is 4. The standard InChI is InChI=1S/C48H64ClN5O9S/c1-8-29-21-48(29,45(58)59)22-38(55)37-18-32(24-54(37)44(57)34(47(4,5)6)19-41(56)63-31-16-27-15-28(27)17-31)62-40-20-35(36-25-64-46(52-36)50-26(2)3)51-43-33(40)9-10-39(42(43)49)61-14-13-53-12-11-30(23-53)60-7/h9-10,20,25-32,34,37H,8,11-19,21-24H2,1-7H3,(H,50,52)(H,58,59)/t27-,28+,29-,30-,31?,32-,34-,37+,48?/m1/s1. The van der Waals surface area contributed by atoms with Crippen molar-refractivity contribution >= 4 is 62.6 Å². The summed E-state index contributed by atoms with van der Waals surface area (Å²) in [5, 5.41) is 17.3. The topological polar surface area (TPSA) is 170 Å². The van der Waals surface area contributed by atoms with Gasteiger partial charge in [-0.1, -0.05) is 45.7 Å². The van der Waals surface area contributed by atoms with Gasteiger partial charge in [-0.3, -0.25) is 24.1 Å². The summed E-state index contributed by atoms with van der Waals surface area (Å²) in [6.07, 6.45) is 4.22. The molecular formula is C48H64ClN5O9S. The SMILES string of the molecule is CC[C@@H]1CC1(CC(=O)[C@@H]1C[C@@H](Oc2cc(-c3csc(NC(C)C)n3)nc3c(Cl)c(OCCN4CC[C@@H](OC)C4)ccc23)CN1C(=O)[C@@H](CC(=O)OC1C[C@@H]2C[C@@H]2C1)C(C)(C)C)C(=O)O. The lowest BCUT2D eigenvalue weighted by Gasteiger charge is -2.35. The molecule has 5 aliphatic rings. The number of methoxy groups -OCH3 is 1. The van der Waals surface area contributed by atoms with Crippen LogP contribution in [0.2, 0.25) is 5.02 Å². The Bertz CT molecular complexity index is 2240. The molecule has 3 saturated carbocycles. The number of hydrogen-bond acceptors (Lipinski definition) is 13. The minimum absolute atomic E-state index is 0.0494. The molecule has 16 heteroatoms. The van der Waals surface area contributed by atoms with Gasteiger partial charge in [0, 0.05) is 62.5 Å². The quantitative estimate of drug-likeness (QED) is 0.111. The second-order valence-electron chi connectivity index (χ2n) is 20.3. The van der Waals surface area contributed by atoms with Gasteiger partial charge in [0.25, 0.3) is 0 Å². The summed E-state index contributed by atoms with van der Waals surface area (Å²) >= 11 is 8.60. The van der Waals surface area contributed by atoms with Crippen LogP contribution in [0, 0.1) is 34.5 Å². The van der Waals surface area contributed by atoms with E-state index in [9.17, 15) is 24.3 Å². The van der Waals surface area contributed by atoms with Crippen molar-refractivity contribution < 1.29 is 43.2 Å². The van der Waals surface area contributed by atoms with Crippen molar-refractivity contribution in [2.24, 2.45) is 34.5 Å². The molecule has 2 aromatic heterocycles. The van der Waals surface area contributed by atoms with E-state index in [0.717, 1.165) is 37.5 Å². The number of pyridine rings is 1. The summed E-state index contributed by atoms with van der Waals surface area (Å²) in [5.74, 6) is -0.791. The first kappa shape index (κ1) is 46.5. The van der Waals surface area contributed by atoms with Crippen LogP contribution in [0.15, 0.2) is 23.6 Å². The number of nitrogens with zero attached hydrogens (tertiary/aromatic N) is 4. The lowest BCUT2D eigenvalue weighted by atomic mass is 9.77. The first-order chi connectivity index (χ1) is 30.5. The summed E-state index contributed by atoms with van der Waals surface area (Å²) in [6.45, 7) is 14.7. The van der Waals surface area contributed by atoms with Gasteiger partial charge >= 0.3 is 11.9 Å². The Morgan fingerprint density at radius 2 is 1.78 bits per heavy atom. The third-order valence-corrected chi connectivity index (χ3v) is 15.5.